The molecule has 3 nitrogen and oxygen atoms in total. The minimum Gasteiger partial charge on any atom is -0.355 e. The molecule has 0 amide bonds. The van der Waals surface area contributed by atoms with Crippen molar-refractivity contribution in [2.24, 2.45) is 5.73 Å². The third-order valence-electron chi connectivity index (χ3n) is 3.21. The Morgan fingerprint density at radius 2 is 2.47 bits per heavy atom. The van der Waals surface area contributed by atoms with Crippen LogP contribution in [-0.4, -0.2) is 29.1 Å². The first-order chi connectivity index (χ1) is 8.20. The summed E-state index contributed by atoms with van der Waals surface area (Å²) in [5, 5.41) is 0.740. The van der Waals surface area contributed by atoms with E-state index in [0.29, 0.717) is 0 Å². The number of thioether (sulfide) groups is 1. The predicted molar refractivity (Wildman–Crippen MR) is 75.6 cm³/mol. The van der Waals surface area contributed by atoms with E-state index in [1.54, 1.807) is 0 Å². The number of aromatic nitrogens is 1. The van der Waals surface area contributed by atoms with Crippen LogP contribution in [0.1, 0.15) is 31.9 Å². The Labute approximate surface area is 108 Å². The van der Waals surface area contributed by atoms with E-state index in [-0.39, 0.29) is 6.04 Å². The fraction of sp³-hybridized carbons (Fsp3) is 0.615. The Morgan fingerprint density at radius 1 is 1.65 bits per heavy atom. The average Bonchev–Trinajstić information content (AvgIpc) is 2.39. The van der Waals surface area contributed by atoms with Gasteiger partial charge in [-0.2, -0.15) is 11.8 Å². The molecule has 0 bridgehead atoms. The number of nitrogens with zero attached hydrogens (tertiary/aromatic N) is 2. The second-order valence-electron chi connectivity index (χ2n) is 4.58. The standard InChI is InChI=1S/C13H21N3S/c1-3-12-9-16(6-7-17-12)13-8-11(10(2)14)4-5-15-13/h4-5,8,10,12H,3,6-7,9,14H2,1-2H3/t10-,12?/m1/s1. The molecule has 1 aliphatic rings. The fourth-order valence-corrected chi connectivity index (χ4v) is 3.24. The maximum atomic E-state index is 5.92. The lowest BCUT2D eigenvalue weighted by molar-refractivity contribution is 0.717. The molecule has 2 rings (SSSR count). The topological polar surface area (TPSA) is 42.1 Å². The van der Waals surface area contributed by atoms with Gasteiger partial charge in [0.1, 0.15) is 5.82 Å². The van der Waals surface area contributed by atoms with Gasteiger partial charge in [0.25, 0.3) is 0 Å². The van der Waals surface area contributed by atoms with Crippen molar-refractivity contribution >= 4 is 17.6 Å². The Hall–Kier alpha value is -0.740. The highest BCUT2D eigenvalue weighted by Crippen LogP contribution is 2.25. The number of hydrogen-bond acceptors (Lipinski definition) is 4. The minimum absolute atomic E-state index is 0.0814. The largest absolute Gasteiger partial charge is 0.355 e. The summed E-state index contributed by atoms with van der Waals surface area (Å²) in [6, 6.07) is 4.22. The van der Waals surface area contributed by atoms with E-state index >= 15 is 0 Å². The van der Waals surface area contributed by atoms with Crippen LogP contribution in [-0.2, 0) is 0 Å². The van der Waals surface area contributed by atoms with Crippen molar-refractivity contribution in [3.63, 3.8) is 0 Å². The molecule has 94 valence electrons. The van der Waals surface area contributed by atoms with Gasteiger partial charge in [-0.15, -0.1) is 0 Å². The predicted octanol–water partition coefficient (Wildman–Crippen LogP) is 2.43. The molecule has 0 aromatic carbocycles. The third-order valence-corrected chi connectivity index (χ3v) is 4.59. The van der Waals surface area contributed by atoms with Crippen LogP contribution < -0.4 is 10.6 Å². The second kappa shape index (κ2) is 5.74. The number of nitrogens with two attached hydrogens (primary N) is 1. The minimum atomic E-state index is 0.0814. The zero-order valence-corrected chi connectivity index (χ0v) is 11.4. The molecule has 2 heterocycles. The lowest BCUT2D eigenvalue weighted by Crippen LogP contribution is -2.38. The normalized spacial score (nSPS) is 22.5. The Bertz CT molecular complexity index is 367. The summed E-state index contributed by atoms with van der Waals surface area (Å²) in [6.45, 7) is 6.47. The van der Waals surface area contributed by atoms with E-state index in [2.05, 4.69) is 34.6 Å². The van der Waals surface area contributed by atoms with E-state index in [1.165, 1.54) is 17.7 Å². The summed E-state index contributed by atoms with van der Waals surface area (Å²) in [4.78, 5) is 6.86. The Morgan fingerprint density at radius 3 is 3.18 bits per heavy atom. The summed E-state index contributed by atoms with van der Waals surface area (Å²) in [5.41, 5.74) is 7.08. The van der Waals surface area contributed by atoms with Crippen molar-refractivity contribution in [3.8, 4) is 0 Å². The quantitative estimate of drug-likeness (QED) is 0.896. The van der Waals surface area contributed by atoms with Gasteiger partial charge in [-0.05, 0) is 31.0 Å². The molecule has 2 N–H and O–H groups in total. The highest BCUT2D eigenvalue weighted by molar-refractivity contribution is 8.00. The Kier molecular flexibility index (Phi) is 4.29. The van der Waals surface area contributed by atoms with Crippen LogP contribution in [0, 0.1) is 0 Å². The van der Waals surface area contributed by atoms with Crippen LogP contribution in [0.25, 0.3) is 0 Å². The molecule has 2 atom stereocenters. The smallest absolute Gasteiger partial charge is 0.128 e. The van der Waals surface area contributed by atoms with E-state index in [9.17, 15) is 0 Å². The van der Waals surface area contributed by atoms with Gasteiger partial charge < -0.3 is 10.6 Å². The molecule has 1 unspecified atom stereocenters. The van der Waals surface area contributed by atoms with Crippen LogP contribution in [0.3, 0.4) is 0 Å². The highest BCUT2D eigenvalue weighted by Gasteiger charge is 2.20. The zero-order chi connectivity index (χ0) is 12.3. The van der Waals surface area contributed by atoms with Crippen LogP contribution in [0.2, 0.25) is 0 Å². The molecule has 1 aliphatic heterocycles. The molecule has 1 aromatic rings. The van der Waals surface area contributed by atoms with Crippen molar-refractivity contribution in [2.75, 3.05) is 23.7 Å². The molecule has 1 aromatic heterocycles. The summed E-state index contributed by atoms with van der Waals surface area (Å²) >= 11 is 2.08. The van der Waals surface area contributed by atoms with Gasteiger partial charge in [0.15, 0.2) is 0 Å². The monoisotopic (exact) mass is 251 g/mol. The van der Waals surface area contributed by atoms with E-state index in [4.69, 9.17) is 5.73 Å². The van der Waals surface area contributed by atoms with Crippen molar-refractivity contribution in [2.45, 2.75) is 31.6 Å². The molecule has 17 heavy (non-hydrogen) atoms. The maximum Gasteiger partial charge on any atom is 0.128 e. The van der Waals surface area contributed by atoms with Crippen LogP contribution in [0.4, 0.5) is 5.82 Å². The number of rotatable bonds is 3. The third kappa shape index (κ3) is 3.13. The van der Waals surface area contributed by atoms with Gasteiger partial charge in [0.2, 0.25) is 0 Å². The number of pyridine rings is 1. The zero-order valence-electron chi connectivity index (χ0n) is 10.6. The van der Waals surface area contributed by atoms with Crippen molar-refractivity contribution < 1.29 is 0 Å². The van der Waals surface area contributed by atoms with Crippen LogP contribution >= 0.6 is 11.8 Å². The van der Waals surface area contributed by atoms with Gasteiger partial charge in [0, 0.05) is 36.3 Å². The summed E-state index contributed by atoms with van der Waals surface area (Å²) < 4.78 is 0. The maximum absolute atomic E-state index is 5.92. The lowest BCUT2D eigenvalue weighted by Gasteiger charge is -2.33. The molecule has 0 radical (unpaired) electrons. The Balaban J connectivity index is 2.13. The molecule has 0 saturated carbocycles. The van der Waals surface area contributed by atoms with Crippen molar-refractivity contribution in [1.82, 2.24) is 4.98 Å². The van der Waals surface area contributed by atoms with Crippen LogP contribution in [0.5, 0.6) is 0 Å². The van der Waals surface area contributed by atoms with Gasteiger partial charge in [-0.1, -0.05) is 6.92 Å². The lowest BCUT2D eigenvalue weighted by atomic mass is 10.1. The molecular weight excluding hydrogens is 230 g/mol. The number of anilines is 1. The van der Waals surface area contributed by atoms with E-state index in [1.807, 2.05) is 19.2 Å². The summed E-state index contributed by atoms with van der Waals surface area (Å²) in [6.07, 6.45) is 3.10. The molecule has 4 heteroatoms. The van der Waals surface area contributed by atoms with E-state index in [0.717, 1.165) is 24.2 Å². The first-order valence-electron chi connectivity index (χ1n) is 6.28. The fourth-order valence-electron chi connectivity index (χ4n) is 2.06. The van der Waals surface area contributed by atoms with Gasteiger partial charge in [-0.25, -0.2) is 4.98 Å². The molecule has 0 spiro atoms. The van der Waals surface area contributed by atoms with E-state index < -0.39 is 0 Å². The highest BCUT2D eigenvalue weighted by atomic mass is 32.2. The molecular formula is C13H21N3S. The van der Waals surface area contributed by atoms with Gasteiger partial charge in [-0.3, -0.25) is 0 Å². The van der Waals surface area contributed by atoms with Crippen LogP contribution in [0.15, 0.2) is 18.3 Å². The molecule has 0 aliphatic carbocycles. The second-order valence-corrected chi connectivity index (χ2v) is 5.99. The summed E-state index contributed by atoms with van der Waals surface area (Å²) in [5.74, 6) is 2.28. The average molecular weight is 251 g/mol. The summed E-state index contributed by atoms with van der Waals surface area (Å²) in [7, 11) is 0. The first kappa shape index (κ1) is 12.7. The van der Waals surface area contributed by atoms with Crippen molar-refractivity contribution in [1.29, 1.82) is 0 Å². The van der Waals surface area contributed by atoms with Gasteiger partial charge in [0.05, 0.1) is 0 Å². The first-order valence-corrected chi connectivity index (χ1v) is 7.33. The molecule has 1 saturated heterocycles. The molecule has 1 fully saturated rings. The van der Waals surface area contributed by atoms with Crippen molar-refractivity contribution in [3.05, 3.63) is 23.9 Å². The van der Waals surface area contributed by atoms with Gasteiger partial charge >= 0.3 is 0 Å². The SMILES string of the molecule is CCC1CN(c2cc([C@@H](C)N)ccn2)CCS1. The number of hydrogen-bond donors (Lipinski definition) is 1.